The highest BCUT2D eigenvalue weighted by molar-refractivity contribution is 7.90. The van der Waals surface area contributed by atoms with Crippen LogP contribution in [-0.4, -0.2) is 25.0 Å². The van der Waals surface area contributed by atoms with Crippen molar-refractivity contribution in [2.24, 2.45) is 5.92 Å². The highest BCUT2D eigenvalue weighted by Crippen LogP contribution is 2.34. The fourth-order valence-corrected chi connectivity index (χ4v) is 4.79. The highest BCUT2D eigenvalue weighted by atomic mass is 32.2. The highest BCUT2D eigenvalue weighted by Gasteiger charge is 2.22. The molecular formula is C27H27NO3S. The zero-order chi connectivity index (χ0) is 22.9. The molecule has 5 heteroatoms. The molecule has 1 unspecified atom stereocenters. The summed E-state index contributed by atoms with van der Waals surface area (Å²) in [6, 6.07) is 18.1. The number of carbonyl (C=O) groups excluding carboxylic acids is 1. The molecule has 0 N–H and O–H groups in total. The van der Waals surface area contributed by atoms with Crippen molar-refractivity contribution in [1.29, 1.82) is 0 Å². The van der Waals surface area contributed by atoms with Gasteiger partial charge in [0.1, 0.15) is 0 Å². The second-order valence-corrected chi connectivity index (χ2v) is 10.3. The third-order valence-corrected chi connectivity index (χ3v) is 7.15. The second-order valence-electron chi connectivity index (χ2n) is 8.25. The van der Waals surface area contributed by atoms with Crippen molar-refractivity contribution in [1.82, 2.24) is 4.57 Å². The van der Waals surface area contributed by atoms with Crippen LogP contribution in [0.15, 0.2) is 83.8 Å². The van der Waals surface area contributed by atoms with Gasteiger partial charge in [-0.1, -0.05) is 61.5 Å². The molecule has 0 spiro atoms. The summed E-state index contributed by atoms with van der Waals surface area (Å²) in [5, 5.41) is 0. The van der Waals surface area contributed by atoms with Crippen molar-refractivity contribution in [2.45, 2.75) is 31.6 Å². The van der Waals surface area contributed by atoms with Gasteiger partial charge in [-0.05, 0) is 55.5 Å². The molecule has 1 heterocycles. The van der Waals surface area contributed by atoms with Crippen LogP contribution < -0.4 is 0 Å². The quantitative estimate of drug-likeness (QED) is 0.442. The van der Waals surface area contributed by atoms with E-state index in [0.29, 0.717) is 17.0 Å². The monoisotopic (exact) mass is 445 g/mol. The van der Waals surface area contributed by atoms with E-state index in [1.807, 2.05) is 55.5 Å². The Kier molecular flexibility index (Phi) is 6.02. The van der Waals surface area contributed by atoms with Crippen LogP contribution in [0.5, 0.6) is 0 Å². The van der Waals surface area contributed by atoms with Crippen molar-refractivity contribution in [3.05, 3.63) is 95.7 Å². The van der Waals surface area contributed by atoms with Crippen LogP contribution in [0.3, 0.4) is 0 Å². The van der Waals surface area contributed by atoms with E-state index in [9.17, 15) is 13.2 Å². The topological polar surface area (TPSA) is 56.1 Å². The summed E-state index contributed by atoms with van der Waals surface area (Å²) in [6.07, 6.45) is 9.80. The van der Waals surface area contributed by atoms with Gasteiger partial charge in [-0.3, -0.25) is 4.79 Å². The summed E-state index contributed by atoms with van der Waals surface area (Å²) >= 11 is 0. The van der Waals surface area contributed by atoms with Crippen molar-refractivity contribution in [2.75, 3.05) is 6.26 Å². The van der Waals surface area contributed by atoms with Gasteiger partial charge in [0.25, 0.3) is 0 Å². The molecule has 1 aliphatic rings. The number of allylic oxidation sites excluding steroid dienone is 4. The maximum absolute atomic E-state index is 13.3. The Labute approximate surface area is 189 Å². The fraction of sp³-hybridized carbons (Fsp3) is 0.222. The SMILES string of the molecule is CCC1C=C(n2c(-c3ccc(S(C)(=O)=O)cc3)cc(C(=O)c3ccccc3)c2C)C=CC1. The summed E-state index contributed by atoms with van der Waals surface area (Å²) in [6.45, 7) is 4.14. The number of hydrogen-bond acceptors (Lipinski definition) is 3. The Morgan fingerprint density at radius 1 is 1.06 bits per heavy atom. The van der Waals surface area contributed by atoms with Crippen LogP contribution in [-0.2, 0) is 9.84 Å². The molecule has 2 aromatic carbocycles. The van der Waals surface area contributed by atoms with Gasteiger partial charge < -0.3 is 4.57 Å². The van der Waals surface area contributed by atoms with Crippen LogP contribution in [0, 0.1) is 12.8 Å². The Balaban J connectivity index is 1.89. The first-order chi connectivity index (χ1) is 15.3. The molecule has 0 bridgehead atoms. The third kappa shape index (κ3) is 4.26. The molecular weight excluding hydrogens is 418 g/mol. The zero-order valence-corrected chi connectivity index (χ0v) is 19.4. The summed E-state index contributed by atoms with van der Waals surface area (Å²) in [4.78, 5) is 13.6. The molecule has 0 saturated heterocycles. The maximum atomic E-state index is 13.3. The molecule has 1 aromatic heterocycles. The fourth-order valence-electron chi connectivity index (χ4n) is 4.16. The minimum atomic E-state index is -3.28. The van der Waals surface area contributed by atoms with E-state index in [1.165, 1.54) is 6.26 Å². The van der Waals surface area contributed by atoms with E-state index in [2.05, 4.69) is 29.7 Å². The average Bonchev–Trinajstić information content (AvgIpc) is 3.15. The van der Waals surface area contributed by atoms with Crippen LogP contribution in [0.1, 0.15) is 41.4 Å². The maximum Gasteiger partial charge on any atom is 0.194 e. The van der Waals surface area contributed by atoms with Crippen molar-refractivity contribution in [3.8, 4) is 11.3 Å². The Morgan fingerprint density at radius 2 is 1.75 bits per heavy atom. The Morgan fingerprint density at radius 3 is 2.38 bits per heavy atom. The lowest BCUT2D eigenvalue weighted by Crippen LogP contribution is -2.08. The first-order valence-electron chi connectivity index (χ1n) is 10.8. The Bertz CT molecular complexity index is 1310. The molecule has 0 amide bonds. The van der Waals surface area contributed by atoms with Gasteiger partial charge in [0.15, 0.2) is 15.6 Å². The lowest BCUT2D eigenvalue weighted by molar-refractivity contribution is 0.103. The third-order valence-electron chi connectivity index (χ3n) is 6.02. The van der Waals surface area contributed by atoms with Crippen LogP contribution in [0.25, 0.3) is 17.0 Å². The lowest BCUT2D eigenvalue weighted by Gasteiger charge is -2.20. The van der Waals surface area contributed by atoms with E-state index in [1.54, 1.807) is 12.1 Å². The van der Waals surface area contributed by atoms with E-state index >= 15 is 0 Å². The molecule has 4 rings (SSSR count). The molecule has 0 fully saturated rings. The molecule has 0 aliphatic heterocycles. The second kappa shape index (κ2) is 8.75. The van der Waals surface area contributed by atoms with Crippen LogP contribution in [0.4, 0.5) is 0 Å². The number of sulfone groups is 1. The molecule has 3 aromatic rings. The number of hydrogen-bond donors (Lipinski definition) is 0. The summed E-state index contributed by atoms with van der Waals surface area (Å²) in [7, 11) is -3.28. The van der Waals surface area contributed by atoms with Gasteiger partial charge in [-0.15, -0.1) is 0 Å². The van der Waals surface area contributed by atoms with Crippen LogP contribution >= 0.6 is 0 Å². The number of nitrogens with zero attached hydrogens (tertiary/aromatic N) is 1. The van der Waals surface area contributed by atoms with Gasteiger partial charge in [0.05, 0.1) is 10.6 Å². The normalized spacial score (nSPS) is 16.1. The molecule has 4 nitrogen and oxygen atoms in total. The zero-order valence-electron chi connectivity index (χ0n) is 18.6. The number of carbonyl (C=O) groups is 1. The average molecular weight is 446 g/mol. The van der Waals surface area contributed by atoms with E-state index in [0.717, 1.165) is 35.5 Å². The summed E-state index contributed by atoms with van der Waals surface area (Å²) < 4.78 is 25.9. The largest absolute Gasteiger partial charge is 0.313 e. The molecule has 32 heavy (non-hydrogen) atoms. The molecule has 1 aliphatic carbocycles. The first-order valence-corrected chi connectivity index (χ1v) is 12.7. The van der Waals surface area contributed by atoms with Gasteiger partial charge in [0.2, 0.25) is 0 Å². The van der Waals surface area contributed by atoms with E-state index in [4.69, 9.17) is 0 Å². The number of rotatable bonds is 6. The smallest absolute Gasteiger partial charge is 0.194 e. The lowest BCUT2D eigenvalue weighted by atomic mass is 9.96. The molecule has 164 valence electrons. The standard InChI is InChI=1S/C27H27NO3S/c1-4-20-9-8-12-23(17-20)28-19(2)25(27(29)22-10-6-5-7-11-22)18-26(28)21-13-15-24(16-14-21)32(3,30)31/h5-8,10-18,20H,4,9H2,1-3H3. The first kappa shape index (κ1) is 22.0. The number of aromatic nitrogens is 1. The van der Waals surface area contributed by atoms with Gasteiger partial charge in [0, 0.05) is 28.8 Å². The van der Waals surface area contributed by atoms with Crippen LogP contribution in [0.2, 0.25) is 0 Å². The number of benzene rings is 2. The number of ketones is 1. The minimum Gasteiger partial charge on any atom is -0.313 e. The Hall–Kier alpha value is -3.18. The summed E-state index contributed by atoms with van der Waals surface area (Å²) in [5.74, 6) is 0.425. The van der Waals surface area contributed by atoms with E-state index in [-0.39, 0.29) is 10.7 Å². The van der Waals surface area contributed by atoms with Gasteiger partial charge >= 0.3 is 0 Å². The van der Waals surface area contributed by atoms with E-state index < -0.39 is 9.84 Å². The summed E-state index contributed by atoms with van der Waals surface area (Å²) in [5.41, 5.74) is 4.93. The molecule has 0 saturated carbocycles. The minimum absolute atomic E-state index is 0.0247. The van der Waals surface area contributed by atoms with Gasteiger partial charge in [-0.2, -0.15) is 0 Å². The van der Waals surface area contributed by atoms with Crippen molar-refractivity contribution in [3.63, 3.8) is 0 Å². The van der Waals surface area contributed by atoms with Gasteiger partial charge in [-0.25, -0.2) is 8.42 Å². The molecule has 0 radical (unpaired) electrons. The van der Waals surface area contributed by atoms with Crippen molar-refractivity contribution >= 4 is 21.3 Å². The predicted molar refractivity (Wildman–Crippen MR) is 129 cm³/mol. The van der Waals surface area contributed by atoms with Crippen molar-refractivity contribution < 1.29 is 13.2 Å². The molecule has 1 atom stereocenters. The predicted octanol–water partition coefficient (Wildman–Crippen LogP) is 5.93.